The Morgan fingerprint density at radius 1 is 1.22 bits per heavy atom. The maximum Gasteiger partial charge on any atom is 0.235 e. The highest BCUT2D eigenvalue weighted by Gasteiger charge is 2.13. The first-order valence-corrected chi connectivity index (χ1v) is 8.26. The molecule has 2 N–H and O–H groups in total. The van der Waals surface area contributed by atoms with Gasteiger partial charge in [-0.3, -0.25) is 9.59 Å². The average molecular weight is 337 g/mol. The summed E-state index contributed by atoms with van der Waals surface area (Å²) < 4.78 is 10.3. The van der Waals surface area contributed by atoms with E-state index < -0.39 is 0 Å². The third-order valence-electron chi connectivity index (χ3n) is 2.93. The van der Waals surface area contributed by atoms with Crippen LogP contribution in [0.25, 0.3) is 0 Å². The molecular weight excluding hydrogens is 318 g/mol. The second-order valence-electron chi connectivity index (χ2n) is 5.10. The van der Waals surface area contributed by atoms with Gasteiger partial charge in [0.15, 0.2) is 5.82 Å². The minimum absolute atomic E-state index is 0.151. The van der Waals surface area contributed by atoms with Gasteiger partial charge in [-0.2, -0.15) is 0 Å². The van der Waals surface area contributed by atoms with Gasteiger partial charge in [0.05, 0.1) is 17.5 Å². The lowest BCUT2D eigenvalue weighted by atomic mass is 10.2. The number of aryl methyl sites for hydroxylation is 2. The summed E-state index contributed by atoms with van der Waals surface area (Å²) in [4.78, 5) is 23.5. The maximum atomic E-state index is 11.8. The smallest absolute Gasteiger partial charge is 0.235 e. The van der Waals surface area contributed by atoms with E-state index in [4.69, 9.17) is 8.94 Å². The molecule has 2 aromatic rings. The van der Waals surface area contributed by atoms with Gasteiger partial charge in [0.2, 0.25) is 11.8 Å². The first-order valence-electron chi connectivity index (χ1n) is 7.10. The van der Waals surface area contributed by atoms with Crippen molar-refractivity contribution in [2.45, 2.75) is 26.8 Å². The molecule has 0 aromatic carbocycles. The Morgan fingerprint density at radius 3 is 2.57 bits per heavy atom. The molecule has 0 radical (unpaired) electrons. The van der Waals surface area contributed by atoms with Crippen LogP contribution in [0.4, 0.5) is 5.82 Å². The topological polar surface area (TPSA) is 97.4 Å². The molecule has 0 aliphatic carbocycles. The number of anilines is 1. The number of thioether (sulfide) groups is 1. The van der Waals surface area contributed by atoms with Crippen LogP contribution in [0, 0.1) is 13.8 Å². The van der Waals surface area contributed by atoms with Crippen molar-refractivity contribution in [3.05, 3.63) is 35.5 Å². The SMILES string of the molecule is Cc1cc(NC(=O)CSCC(=O)N[C@H](C)c2ccc(C)o2)no1. The highest BCUT2D eigenvalue weighted by molar-refractivity contribution is 8.00. The van der Waals surface area contributed by atoms with Crippen LogP contribution in [0.2, 0.25) is 0 Å². The van der Waals surface area contributed by atoms with Crippen molar-refractivity contribution in [1.82, 2.24) is 10.5 Å². The number of furan rings is 1. The van der Waals surface area contributed by atoms with Gasteiger partial charge in [-0.1, -0.05) is 5.16 Å². The van der Waals surface area contributed by atoms with Crippen LogP contribution >= 0.6 is 11.8 Å². The van der Waals surface area contributed by atoms with E-state index in [1.807, 2.05) is 26.0 Å². The van der Waals surface area contributed by atoms with Crippen LogP contribution in [-0.4, -0.2) is 28.5 Å². The number of hydrogen-bond donors (Lipinski definition) is 2. The minimum Gasteiger partial charge on any atom is -0.464 e. The standard InChI is InChI=1S/C15H19N3O4S/c1-9-4-5-12(21-9)11(3)16-14(19)7-23-8-15(20)17-13-6-10(2)22-18-13/h4-6,11H,7-8H2,1-3H3,(H,16,19)(H,17,18,20)/t11-/m1/s1. The summed E-state index contributed by atoms with van der Waals surface area (Å²) in [7, 11) is 0. The number of rotatable bonds is 7. The van der Waals surface area contributed by atoms with Crippen molar-refractivity contribution in [1.29, 1.82) is 0 Å². The first-order chi connectivity index (χ1) is 10.9. The van der Waals surface area contributed by atoms with Gasteiger partial charge in [-0.05, 0) is 32.9 Å². The summed E-state index contributed by atoms with van der Waals surface area (Å²) in [6, 6.07) is 5.11. The molecule has 2 aromatic heterocycles. The van der Waals surface area contributed by atoms with E-state index in [0.717, 1.165) is 5.76 Å². The summed E-state index contributed by atoms with van der Waals surface area (Å²) in [6.07, 6.45) is 0. The maximum absolute atomic E-state index is 11.8. The van der Waals surface area contributed by atoms with Crippen LogP contribution < -0.4 is 10.6 Å². The van der Waals surface area contributed by atoms with Crippen molar-refractivity contribution in [2.75, 3.05) is 16.8 Å². The Morgan fingerprint density at radius 2 is 1.96 bits per heavy atom. The molecule has 0 saturated carbocycles. The number of nitrogens with zero attached hydrogens (tertiary/aromatic N) is 1. The van der Waals surface area contributed by atoms with Crippen LogP contribution in [0.1, 0.15) is 30.2 Å². The summed E-state index contributed by atoms with van der Waals surface area (Å²) in [5.41, 5.74) is 0. The predicted octanol–water partition coefficient (Wildman–Crippen LogP) is 2.43. The van der Waals surface area contributed by atoms with Crippen molar-refractivity contribution >= 4 is 29.4 Å². The van der Waals surface area contributed by atoms with Gasteiger partial charge < -0.3 is 19.6 Å². The fraction of sp³-hybridized carbons (Fsp3) is 0.400. The largest absolute Gasteiger partial charge is 0.464 e. The Balaban J connectivity index is 1.67. The van der Waals surface area contributed by atoms with Crippen molar-refractivity contribution in [3.8, 4) is 0 Å². The molecule has 2 heterocycles. The average Bonchev–Trinajstić information content (AvgIpc) is 3.07. The zero-order valence-corrected chi connectivity index (χ0v) is 14.0. The number of carbonyl (C=O) groups is 2. The second kappa shape index (κ2) is 7.87. The molecule has 8 heteroatoms. The molecule has 7 nitrogen and oxygen atoms in total. The second-order valence-corrected chi connectivity index (χ2v) is 6.09. The zero-order chi connectivity index (χ0) is 16.8. The lowest BCUT2D eigenvalue weighted by Crippen LogP contribution is -2.28. The molecule has 0 aliphatic rings. The lowest BCUT2D eigenvalue weighted by Gasteiger charge is -2.11. The summed E-state index contributed by atoms with van der Waals surface area (Å²) in [5.74, 6) is 2.47. The fourth-order valence-corrected chi connectivity index (χ4v) is 2.51. The first kappa shape index (κ1) is 17.1. The van der Waals surface area contributed by atoms with Gasteiger partial charge >= 0.3 is 0 Å². The van der Waals surface area contributed by atoms with Crippen molar-refractivity contribution in [2.24, 2.45) is 0 Å². The Labute approximate surface area is 138 Å². The number of carbonyl (C=O) groups excluding carboxylic acids is 2. The molecule has 0 saturated heterocycles. The minimum atomic E-state index is -0.231. The quantitative estimate of drug-likeness (QED) is 0.805. The monoisotopic (exact) mass is 337 g/mol. The van der Waals surface area contributed by atoms with Gasteiger partial charge in [0, 0.05) is 6.07 Å². The highest BCUT2D eigenvalue weighted by Crippen LogP contribution is 2.15. The van der Waals surface area contributed by atoms with Gasteiger partial charge in [-0.25, -0.2) is 0 Å². The third kappa shape index (κ3) is 5.48. The van der Waals surface area contributed by atoms with Crippen LogP contribution in [0.3, 0.4) is 0 Å². The molecule has 0 unspecified atom stereocenters. The Bertz CT molecular complexity index is 680. The van der Waals surface area contributed by atoms with E-state index in [-0.39, 0.29) is 29.4 Å². The molecule has 124 valence electrons. The van der Waals surface area contributed by atoms with E-state index in [2.05, 4.69) is 15.8 Å². The lowest BCUT2D eigenvalue weighted by molar-refractivity contribution is -0.119. The van der Waals surface area contributed by atoms with E-state index in [1.54, 1.807) is 13.0 Å². The summed E-state index contributed by atoms with van der Waals surface area (Å²) in [5, 5.41) is 9.09. The third-order valence-corrected chi connectivity index (χ3v) is 3.86. The molecule has 23 heavy (non-hydrogen) atoms. The normalized spacial score (nSPS) is 12.0. The number of hydrogen-bond acceptors (Lipinski definition) is 6. The van der Waals surface area contributed by atoms with Crippen molar-refractivity contribution in [3.63, 3.8) is 0 Å². The molecule has 1 atom stereocenters. The number of nitrogens with one attached hydrogen (secondary N) is 2. The number of amides is 2. The van der Waals surface area contributed by atoms with Gasteiger partial charge in [-0.15, -0.1) is 11.8 Å². The van der Waals surface area contributed by atoms with Crippen LogP contribution in [-0.2, 0) is 9.59 Å². The number of aromatic nitrogens is 1. The summed E-state index contributed by atoms with van der Waals surface area (Å²) >= 11 is 1.22. The summed E-state index contributed by atoms with van der Waals surface area (Å²) in [6.45, 7) is 5.44. The van der Waals surface area contributed by atoms with Gasteiger partial charge in [0.25, 0.3) is 0 Å². The molecule has 0 aliphatic heterocycles. The molecule has 0 spiro atoms. The van der Waals surface area contributed by atoms with E-state index in [9.17, 15) is 9.59 Å². The molecule has 0 bridgehead atoms. The molecule has 2 rings (SSSR count). The Hall–Kier alpha value is -2.22. The molecule has 2 amide bonds. The van der Waals surface area contributed by atoms with E-state index >= 15 is 0 Å². The van der Waals surface area contributed by atoms with Crippen LogP contribution in [0.15, 0.2) is 27.1 Å². The van der Waals surface area contributed by atoms with Gasteiger partial charge in [0.1, 0.15) is 17.3 Å². The van der Waals surface area contributed by atoms with Crippen LogP contribution in [0.5, 0.6) is 0 Å². The van der Waals surface area contributed by atoms with Crippen molar-refractivity contribution < 1.29 is 18.5 Å². The zero-order valence-electron chi connectivity index (χ0n) is 13.2. The fourth-order valence-electron chi connectivity index (χ4n) is 1.88. The Kier molecular flexibility index (Phi) is 5.86. The predicted molar refractivity (Wildman–Crippen MR) is 87.2 cm³/mol. The van der Waals surface area contributed by atoms with E-state index in [1.165, 1.54) is 11.8 Å². The molecule has 0 fully saturated rings. The highest BCUT2D eigenvalue weighted by atomic mass is 32.2. The van der Waals surface area contributed by atoms with E-state index in [0.29, 0.717) is 17.3 Å². The molecular formula is C15H19N3O4S.